The minimum absolute atomic E-state index is 0.0895. The van der Waals surface area contributed by atoms with Gasteiger partial charge in [-0.25, -0.2) is 4.39 Å². The molecule has 3 N–H and O–H groups in total. The summed E-state index contributed by atoms with van der Waals surface area (Å²) in [5, 5.41) is 3.80. The van der Waals surface area contributed by atoms with Crippen LogP contribution >= 0.6 is 11.6 Å². The summed E-state index contributed by atoms with van der Waals surface area (Å²) in [7, 11) is 3.07. The van der Waals surface area contributed by atoms with Crippen molar-refractivity contribution in [1.82, 2.24) is 4.90 Å². The van der Waals surface area contributed by atoms with E-state index >= 15 is 0 Å². The summed E-state index contributed by atoms with van der Waals surface area (Å²) in [5.74, 6) is -0.215. The van der Waals surface area contributed by atoms with Crippen LogP contribution in [0, 0.1) is 12.7 Å². The van der Waals surface area contributed by atoms with Crippen molar-refractivity contribution in [2.45, 2.75) is 33.1 Å². The Hall–Kier alpha value is -2.80. The van der Waals surface area contributed by atoms with E-state index in [0.29, 0.717) is 28.7 Å². The van der Waals surface area contributed by atoms with E-state index in [9.17, 15) is 9.18 Å². The second kappa shape index (κ2) is 9.34. The Labute approximate surface area is 181 Å². The van der Waals surface area contributed by atoms with Crippen molar-refractivity contribution in [3.63, 3.8) is 0 Å². The summed E-state index contributed by atoms with van der Waals surface area (Å²) in [6, 6.07) is 8.08. The van der Waals surface area contributed by atoms with Crippen LogP contribution in [-0.2, 0) is 10.2 Å². The Morgan fingerprint density at radius 3 is 2.60 bits per heavy atom. The summed E-state index contributed by atoms with van der Waals surface area (Å²) >= 11 is 6.17. The number of carbonyl (C=O) groups excluding carboxylic acids is 1. The third kappa shape index (κ3) is 4.84. The third-order valence-corrected chi connectivity index (χ3v) is 5.31. The number of hydrogen-bond acceptors (Lipinski definition) is 4. The van der Waals surface area contributed by atoms with Crippen molar-refractivity contribution in [2.24, 2.45) is 10.7 Å². The number of amides is 1. The van der Waals surface area contributed by atoms with Gasteiger partial charge in [0.15, 0.2) is 5.96 Å². The Balaban J connectivity index is 2.43. The number of aryl methyl sites for hydroxylation is 1. The van der Waals surface area contributed by atoms with Gasteiger partial charge in [0, 0.05) is 35.9 Å². The van der Waals surface area contributed by atoms with Gasteiger partial charge in [-0.15, -0.1) is 0 Å². The number of hydrogen-bond donors (Lipinski definition) is 2. The highest BCUT2D eigenvalue weighted by Gasteiger charge is 2.36. The first kappa shape index (κ1) is 23.5. The van der Waals surface area contributed by atoms with Crippen LogP contribution in [0.15, 0.2) is 35.3 Å². The van der Waals surface area contributed by atoms with E-state index in [-0.39, 0.29) is 17.4 Å². The molecule has 0 radical (unpaired) electrons. The van der Waals surface area contributed by atoms with Crippen molar-refractivity contribution in [3.8, 4) is 5.75 Å². The molecule has 162 valence electrons. The highest BCUT2D eigenvalue weighted by molar-refractivity contribution is 6.31. The minimum Gasteiger partial charge on any atom is -0.495 e. The third-order valence-electron chi connectivity index (χ3n) is 4.90. The van der Waals surface area contributed by atoms with Crippen molar-refractivity contribution in [3.05, 3.63) is 52.3 Å². The molecule has 30 heavy (non-hydrogen) atoms. The van der Waals surface area contributed by atoms with Crippen LogP contribution in [0.3, 0.4) is 0 Å². The van der Waals surface area contributed by atoms with E-state index in [4.69, 9.17) is 22.1 Å². The Morgan fingerprint density at radius 1 is 1.33 bits per heavy atom. The van der Waals surface area contributed by atoms with Crippen LogP contribution in [0.2, 0.25) is 5.02 Å². The van der Waals surface area contributed by atoms with Crippen LogP contribution in [0.5, 0.6) is 5.75 Å². The second-order valence-corrected chi connectivity index (χ2v) is 7.85. The maximum Gasteiger partial charge on any atom is 0.239 e. The molecule has 0 aliphatic rings. The zero-order valence-corrected chi connectivity index (χ0v) is 18.9. The van der Waals surface area contributed by atoms with Gasteiger partial charge >= 0.3 is 0 Å². The smallest absolute Gasteiger partial charge is 0.239 e. The quantitative estimate of drug-likeness (QED) is 0.514. The standard InChI is InChI=1S/C22H28ClFN4O2/c1-7-26-21(25)28(5)20(29)22(3,4)15-11-14(8-9-17(15)24)27-18-10-13(2)16(23)12-19(18)30-6/h8-12,27H,7H2,1-6H3,(H2,25,26). The van der Waals surface area contributed by atoms with Gasteiger partial charge in [-0.05, 0) is 57.5 Å². The van der Waals surface area contributed by atoms with E-state index in [1.165, 1.54) is 18.0 Å². The molecule has 2 aromatic rings. The van der Waals surface area contributed by atoms with Crippen LogP contribution < -0.4 is 15.8 Å². The lowest BCUT2D eigenvalue weighted by Gasteiger charge is -2.30. The van der Waals surface area contributed by atoms with Crippen molar-refractivity contribution in [2.75, 3.05) is 26.0 Å². The molecule has 0 saturated carbocycles. The van der Waals surface area contributed by atoms with Gasteiger partial charge in [0.2, 0.25) is 5.91 Å². The molecule has 2 rings (SSSR count). The van der Waals surface area contributed by atoms with Gasteiger partial charge in [-0.1, -0.05) is 11.6 Å². The lowest BCUT2D eigenvalue weighted by Crippen LogP contribution is -2.47. The summed E-state index contributed by atoms with van der Waals surface area (Å²) in [6.45, 7) is 7.45. The Kier molecular flexibility index (Phi) is 7.31. The normalized spacial score (nSPS) is 11.9. The number of methoxy groups -OCH3 is 1. The number of guanidine groups is 1. The molecule has 0 aliphatic carbocycles. The van der Waals surface area contributed by atoms with Gasteiger partial charge in [0.05, 0.1) is 18.2 Å². The number of nitrogens with two attached hydrogens (primary N) is 1. The molecule has 0 aromatic heterocycles. The monoisotopic (exact) mass is 434 g/mol. The molecular formula is C22H28ClFN4O2. The maximum absolute atomic E-state index is 14.7. The molecule has 2 aromatic carbocycles. The van der Waals surface area contributed by atoms with Gasteiger partial charge in [-0.2, -0.15) is 0 Å². The molecular weight excluding hydrogens is 407 g/mol. The number of nitrogens with zero attached hydrogens (tertiary/aromatic N) is 2. The number of anilines is 2. The van der Waals surface area contributed by atoms with E-state index < -0.39 is 11.2 Å². The van der Waals surface area contributed by atoms with E-state index in [2.05, 4.69) is 10.3 Å². The molecule has 0 fully saturated rings. The number of benzene rings is 2. The summed E-state index contributed by atoms with van der Waals surface area (Å²) in [5.41, 5.74) is 7.06. The van der Waals surface area contributed by atoms with Crippen molar-refractivity contribution < 1.29 is 13.9 Å². The topological polar surface area (TPSA) is 80.0 Å². The predicted octanol–water partition coefficient (Wildman–Crippen LogP) is 4.61. The minimum atomic E-state index is -1.18. The fraction of sp³-hybridized carbons (Fsp3) is 0.364. The molecule has 0 heterocycles. The van der Waals surface area contributed by atoms with Gasteiger partial charge in [0.25, 0.3) is 0 Å². The van der Waals surface area contributed by atoms with Gasteiger partial charge in [0.1, 0.15) is 11.6 Å². The number of likely N-dealkylation sites (N-methyl/N-ethyl adjacent to an activating group) is 1. The zero-order chi connectivity index (χ0) is 22.6. The largest absolute Gasteiger partial charge is 0.495 e. The Bertz CT molecular complexity index is 976. The number of rotatable bonds is 6. The van der Waals surface area contributed by atoms with Crippen LogP contribution in [0.1, 0.15) is 31.9 Å². The average Bonchev–Trinajstić information content (AvgIpc) is 2.70. The molecule has 0 spiro atoms. The average molecular weight is 435 g/mol. The van der Waals surface area contributed by atoms with E-state index in [1.807, 2.05) is 19.9 Å². The highest BCUT2D eigenvalue weighted by Crippen LogP contribution is 2.35. The van der Waals surface area contributed by atoms with Crippen molar-refractivity contribution in [1.29, 1.82) is 0 Å². The molecule has 0 unspecified atom stereocenters. The number of aliphatic imine (C=N–C) groups is 1. The molecule has 6 nitrogen and oxygen atoms in total. The first-order valence-corrected chi connectivity index (χ1v) is 9.90. The van der Waals surface area contributed by atoms with Crippen LogP contribution in [0.4, 0.5) is 15.8 Å². The SMILES string of the molecule is CCN=C(N)N(C)C(=O)C(C)(C)c1cc(Nc2cc(C)c(Cl)cc2OC)ccc1F. The zero-order valence-electron chi connectivity index (χ0n) is 18.1. The first-order valence-electron chi connectivity index (χ1n) is 9.52. The number of carbonyl (C=O) groups is 1. The lowest BCUT2D eigenvalue weighted by atomic mass is 9.82. The molecule has 1 amide bonds. The molecule has 8 heteroatoms. The fourth-order valence-corrected chi connectivity index (χ4v) is 3.23. The second-order valence-electron chi connectivity index (χ2n) is 7.44. The maximum atomic E-state index is 14.7. The van der Waals surface area contributed by atoms with Crippen molar-refractivity contribution >= 4 is 34.8 Å². The number of nitrogens with one attached hydrogen (secondary N) is 1. The van der Waals surface area contributed by atoms with E-state index in [0.717, 1.165) is 5.56 Å². The summed E-state index contributed by atoms with van der Waals surface area (Å²) in [4.78, 5) is 18.3. The number of ether oxygens (including phenoxy) is 1. The van der Waals surface area contributed by atoms with Gasteiger partial charge < -0.3 is 15.8 Å². The summed E-state index contributed by atoms with van der Waals surface area (Å²) in [6.07, 6.45) is 0. The van der Waals surface area contributed by atoms with Gasteiger partial charge in [-0.3, -0.25) is 14.7 Å². The summed E-state index contributed by atoms with van der Waals surface area (Å²) < 4.78 is 20.1. The molecule has 0 aliphatic heterocycles. The fourth-order valence-electron chi connectivity index (χ4n) is 3.07. The molecule has 0 bridgehead atoms. The predicted molar refractivity (Wildman–Crippen MR) is 120 cm³/mol. The first-order chi connectivity index (χ1) is 14.0. The van der Waals surface area contributed by atoms with E-state index in [1.54, 1.807) is 39.2 Å². The Morgan fingerprint density at radius 2 is 2.00 bits per heavy atom. The van der Waals surface area contributed by atoms with Crippen LogP contribution in [0.25, 0.3) is 0 Å². The van der Waals surface area contributed by atoms with Crippen LogP contribution in [-0.4, -0.2) is 37.5 Å². The number of halogens is 2. The molecule has 0 saturated heterocycles. The highest BCUT2D eigenvalue weighted by atomic mass is 35.5. The molecule has 0 atom stereocenters. The lowest BCUT2D eigenvalue weighted by molar-refractivity contribution is -0.131.